The number of carbonyl (C=O) groups is 2. The summed E-state index contributed by atoms with van der Waals surface area (Å²) >= 11 is 1.64. The van der Waals surface area contributed by atoms with Crippen molar-refractivity contribution in [2.75, 3.05) is 13.7 Å². The fourth-order valence-electron chi connectivity index (χ4n) is 4.34. The van der Waals surface area contributed by atoms with Crippen LogP contribution >= 0.6 is 11.8 Å². The molecule has 2 aromatic carbocycles. The number of ether oxygens (including phenoxy) is 1. The van der Waals surface area contributed by atoms with Crippen molar-refractivity contribution in [3.05, 3.63) is 70.1 Å². The fourth-order valence-corrected chi connectivity index (χ4v) is 5.63. The third kappa shape index (κ3) is 5.54. The van der Waals surface area contributed by atoms with Gasteiger partial charge in [0.05, 0.1) is 12.0 Å². The minimum atomic E-state index is -0.0560. The Balaban J connectivity index is 1.30. The zero-order chi connectivity index (χ0) is 22.5. The Bertz CT molecular complexity index is 1000. The molecule has 0 spiro atoms. The van der Waals surface area contributed by atoms with Crippen molar-refractivity contribution in [1.29, 1.82) is 0 Å². The highest BCUT2D eigenvalue weighted by atomic mass is 32.2. The third-order valence-corrected chi connectivity index (χ3v) is 7.63. The molecule has 0 radical (unpaired) electrons. The monoisotopic (exact) mass is 450 g/mol. The maximum absolute atomic E-state index is 12.7. The third-order valence-electron chi connectivity index (χ3n) is 6.20. The quantitative estimate of drug-likeness (QED) is 0.650. The first-order valence-electron chi connectivity index (χ1n) is 11.2. The molecule has 3 atom stereocenters. The number of carbonyl (C=O) groups excluding carboxylic acids is 2. The maximum atomic E-state index is 12.7. The van der Waals surface area contributed by atoms with Crippen LogP contribution in [0.3, 0.4) is 0 Å². The number of thioether (sulfide) groups is 1. The van der Waals surface area contributed by atoms with Crippen LogP contribution in [0.25, 0.3) is 6.08 Å². The van der Waals surface area contributed by atoms with Crippen molar-refractivity contribution < 1.29 is 14.3 Å². The van der Waals surface area contributed by atoms with E-state index < -0.39 is 0 Å². The lowest BCUT2D eigenvalue weighted by molar-refractivity contribution is -0.127. The van der Waals surface area contributed by atoms with Gasteiger partial charge in [0, 0.05) is 23.8 Å². The largest absolute Gasteiger partial charge is 0.497 e. The number of benzene rings is 2. The van der Waals surface area contributed by atoms with Crippen LogP contribution in [0.5, 0.6) is 5.75 Å². The van der Waals surface area contributed by atoms with Gasteiger partial charge >= 0.3 is 0 Å². The molecular formula is C26H30N2O3S. The van der Waals surface area contributed by atoms with Crippen molar-refractivity contribution in [3.63, 3.8) is 0 Å². The lowest BCUT2D eigenvalue weighted by Crippen LogP contribution is -2.51. The molecule has 4 rings (SSSR count). The van der Waals surface area contributed by atoms with Gasteiger partial charge in [0.2, 0.25) is 5.91 Å². The van der Waals surface area contributed by atoms with Crippen molar-refractivity contribution in [2.24, 2.45) is 5.92 Å². The first-order chi connectivity index (χ1) is 15.5. The van der Waals surface area contributed by atoms with Crippen LogP contribution in [0.1, 0.15) is 36.0 Å². The summed E-state index contributed by atoms with van der Waals surface area (Å²) < 4.78 is 5.27. The molecular weight excluding hydrogens is 420 g/mol. The minimum absolute atomic E-state index is 0.0385. The number of fused-ring (bicyclic) bond motifs is 1. The second kappa shape index (κ2) is 10.3. The number of rotatable bonds is 6. The zero-order valence-corrected chi connectivity index (χ0v) is 19.4. The number of aryl methyl sites for hydroxylation is 1. The minimum Gasteiger partial charge on any atom is -0.497 e. The van der Waals surface area contributed by atoms with E-state index >= 15 is 0 Å². The molecule has 2 aliphatic rings. The van der Waals surface area contributed by atoms with E-state index in [0.717, 1.165) is 35.5 Å². The molecule has 0 bridgehead atoms. The molecule has 1 saturated carbocycles. The van der Waals surface area contributed by atoms with Crippen LogP contribution < -0.4 is 15.4 Å². The molecule has 5 nitrogen and oxygen atoms in total. The Morgan fingerprint density at radius 1 is 1.22 bits per heavy atom. The maximum Gasteiger partial charge on any atom is 0.257 e. The van der Waals surface area contributed by atoms with Gasteiger partial charge in [-0.25, -0.2) is 0 Å². The highest BCUT2D eigenvalue weighted by Gasteiger charge is 2.39. The highest BCUT2D eigenvalue weighted by molar-refractivity contribution is 8.04. The fraction of sp³-hybridized carbons (Fsp3) is 0.385. The molecule has 3 unspecified atom stereocenters. The van der Waals surface area contributed by atoms with Gasteiger partial charge in [-0.1, -0.05) is 42.0 Å². The number of hydrogen-bond donors (Lipinski definition) is 2. The Hall–Kier alpha value is -2.73. The van der Waals surface area contributed by atoms with Gasteiger partial charge in [0.25, 0.3) is 5.91 Å². The van der Waals surface area contributed by atoms with Gasteiger partial charge in [0.1, 0.15) is 5.75 Å². The van der Waals surface area contributed by atoms with E-state index in [9.17, 15) is 9.59 Å². The second-order valence-electron chi connectivity index (χ2n) is 8.56. The Morgan fingerprint density at radius 3 is 2.81 bits per heavy atom. The second-order valence-corrected chi connectivity index (χ2v) is 9.84. The number of amides is 2. The number of methoxy groups -OCH3 is 1. The van der Waals surface area contributed by atoms with Gasteiger partial charge in [-0.05, 0) is 61.9 Å². The van der Waals surface area contributed by atoms with E-state index in [1.807, 2.05) is 30.3 Å². The molecule has 1 heterocycles. The van der Waals surface area contributed by atoms with E-state index in [2.05, 4.69) is 41.8 Å². The first-order valence-corrected chi connectivity index (χ1v) is 12.1. The van der Waals surface area contributed by atoms with Crippen molar-refractivity contribution in [3.8, 4) is 5.75 Å². The van der Waals surface area contributed by atoms with E-state index in [0.29, 0.717) is 18.2 Å². The van der Waals surface area contributed by atoms with Gasteiger partial charge in [-0.3, -0.25) is 9.59 Å². The summed E-state index contributed by atoms with van der Waals surface area (Å²) in [5.41, 5.74) is 3.41. The van der Waals surface area contributed by atoms with Crippen LogP contribution in [-0.2, 0) is 16.0 Å². The van der Waals surface area contributed by atoms with E-state index in [-0.39, 0.29) is 23.8 Å². The molecule has 2 amide bonds. The lowest BCUT2D eigenvalue weighted by atomic mass is 9.84. The normalized spacial score (nSPS) is 23.9. The average Bonchev–Trinajstić information content (AvgIpc) is 2.80. The predicted molar refractivity (Wildman–Crippen MR) is 130 cm³/mol. The average molecular weight is 451 g/mol. The Morgan fingerprint density at radius 2 is 2.03 bits per heavy atom. The molecule has 32 heavy (non-hydrogen) atoms. The summed E-state index contributed by atoms with van der Waals surface area (Å²) in [5, 5.41) is 6.55. The van der Waals surface area contributed by atoms with Crippen LogP contribution in [0.4, 0.5) is 0 Å². The van der Waals surface area contributed by atoms with E-state index in [4.69, 9.17) is 4.74 Å². The molecule has 1 aliphatic carbocycles. The first kappa shape index (κ1) is 22.5. The van der Waals surface area contributed by atoms with Crippen LogP contribution in [-0.4, -0.2) is 36.8 Å². The summed E-state index contributed by atoms with van der Waals surface area (Å²) in [5.74, 6) is 0.776. The van der Waals surface area contributed by atoms with Gasteiger partial charge in [-0.15, -0.1) is 11.8 Å². The molecule has 1 saturated heterocycles. The lowest BCUT2D eigenvalue weighted by Gasteiger charge is -2.39. The van der Waals surface area contributed by atoms with Gasteiger partial charge in [0.15, 0.2) is 0 Å². The van der Waals surface area contributed by atoms with Crippen molar-refractivity contribution in [2.45, 2.75) is 43.9 Å². The van der Waals surface area contributed by atoms with E-state index in [1.165, 1.54) is 11.1 Å². The molecule has 2 fully saturated rings. The van der Waals surface area contributed by atoms with Crippen LogP contribution in [0, 0.1) is 12.8 Å². The molecule has 168 valence electrons. The van der Waals surface area contributed by atoms with Gasteiger partial charge < -0.3 is 15.4 Å². The summed E-state index contributed by atoms with van der Waals surface area (Å²) in [6.45, 7) is 2.71. The summed E-state index contributed by atoms with van der Waals surface area (Å²) in [6.07, 6.45) is 5.22. The zero-order valence-electron chi connectivity index (χ0n) is 18.6. The van der Waals surface area contributed by atoms with Gasteiger partial charge in [-0.2, -0.15) is 0 Å². The van der Waals surface area contributed by atoms with Crippen molar-refractivity contribution in [1.82, 2.24) is 10.6 Å². The summed E-state index contributed by atoms with van der Waals surface area (Å²) in [6, 6.07) is 16.1. The topological polar surface area (TPSA) is 67.4 Å². The number of nitrogens with one attached hydrogen (secondary N) is 2. The van der Waals surface area contributed by atoms with Crippen LogP contribution in [0.2, 0.25) is 0 Å². The highest BCUT2D eigenvalue weighted by Crippen LogP contribution is 2.40. The van der Waals surface area contributed by atoms with Crippen LogP contribution in [0.15, 0.2) is 53.4 Å². The molecule has 2 N–H and O–H groups in total. The number of hydrogen-bond acceptors (Lipinski definition) is 4. The Labute approximate surface area is 194 Å². The standard InChI is InChI=1S/C26H30N2O3S/c1-17-6-8-18(9-7-17)12-13-27-25(29)20-10-11-23-22(16-20)28-26(30)24(32-23)15-19-4-3-5-21(14-19)31-2/h3-9,14-15,20,22-23H,10-13,16H2,1-2H3,(H,27,29)(H,28,30)/b24-15+. The molecule has 2 aromatic rings. The predicted octanol–water partition coefficient (Wildman–Crippen LogP) is 4.10. The molecule has 6 heteroatoms. The molecule has 0 aromatic heterocycles. The smallest absolute Gasteiger partial charge is 0.257 e. The SMILES string of the molecule is COc1cccc(/C=C2/SC3CCC(C(=O)NCCc4ccc(C)cc4)CC3NC2=O)c1. The summed E-state index contributed by atoms with van der Waals surface area (Å²) in [4.78, 5) is 26.1. The molecule has 1 aliphatic heterocycles. The Kier molecular flexibility index (Phi) is 7.20. The van der Waals surface area contributed by atoms with E-state index in [1.54, 1.807) is 18.9 Å². The van der Waals surface area contributed by atoms with Crippen molar-refractivity contribution >= 4 is 29.7 Å². The summed E-state index contributed by atoms with van der Waals surface area (Å²) in [7, 11) is 1.63.